The third-order valence-corrected chi connectivity index (χ3v) is 7.10. The monoisotopic (exact) mass is 511 g/mol. The van der Waals surface area contributed by atoms with Gasteiger partial charge in [-0.25, -0.2) is 13.8 Å². The molecule has 0 unspecified atom stereocenters. The maximum absolute atomic E-state index is 14.4. The number of fused-ring (bicyclic) bond motifs is 2. The average molecular weight is 512 g/mol. The number of rotatable bonds is 5. The molecular formula is C30H27F2N5O. The van der Waals surface area contributed by atoms with Gasteiger partial charge in [0.05, 0.1) is 57.5 Å². The molecule has 2 aromatic carbocycles. The summed E-state index contributed by atoms with van der Waals surface area (Å²) in [4.78, 5) is 14.3. The molecule has 1 aliphatic heterocycles. The zero-order chi connectivity index (χ0) is 26.1. The molecule has 2 aliphatic carbocycles. The number of pyridine rings is 1. The normalized spacial score (nSPS) is 18.2. The number of nitrogens with zero attached hydrogens (tertiary/aromatic N) is 4. The molecule has 0 radical (unpaired) electrons. The third kappa shape index (κ3) is 4.75. The number of anilines is 2. The van der Waals surface area contributed by atoms with Gasteiger partial charge in [-0.15, -0.1) is 0 Å². The second-order valence-electron chi connectivity index (χ2n) is 9.55. The zero-order valence-electron chi connectivity index (χ0n) is 20.9. The van der Waals surface area contributed by atoms with Crippen molar-refractivity contribution in [3.05, 3.63) is 96.1 Å². The van der Waals surface area contributed by atoms with E-state index < -0.39 is 11.6 Å². The molecule has 192 valence electrons. The minimum Gasteiger partial charge on any atom is -0.381 e. The number of hydrogen-bond donors (Lipinski definition) is 1. The summed E-state index contributed by atoms with van der Waals surface area (Å²) in [6.07, 6.45) is 7.55. The molecule has 8 heteroatoms. The summed E-state index contributed by atoms with van der Waals surface area (Å²) < 4.78 is 35.7. The van der Waals surface area contributed by atoms with Gasteiger partial charge in [0.15, 0.2) is 11.6 Å². The van der Waals surface area contributed by atoms with Gasteiger partial charge in [0.1, 0.15) is 0 Å². The summed E-state index contributed by atoms with van der Waals surface area (Å²) in [7, 11) is 1.76. The molecule has 6 nitrogen and oxygen atoms in total. The fourth-order valence-corrected chi connectivity index (χ4v) is 5.15. The molecule has 6 rings (SSSR count). The van der Waals surface area contributed by atoms with Gasteiger partial charge in [0.2, 0.25) is 0 Å². The molecule has 0 bridgehead atoms. The van der Waals surface area contributed by atoms with Gasteiger partial charge >= 0.3 is 0 Å². The number of methoxy groups -OCH3 is 1. The maximum atomic E-state index is 14.4. The van der Waals surface area contributed by atoms with Crippen molar-refractivity contribution in [3.8, 4) is 17.1 Å². The summed E-state index contributed by atoms with van der Waals surface area (Å²) in [6, 6.07) is 19.5. The number of ether oxygens (including phenoxy) is 1. The Kier molecular flexibility index (Phi) is 6.55. The van der Waals surface area contributed by atoms with Gasteiger partial charge in [0.25, 0.3) is 0 Å². The van der Waals surface area contributed by atoms with Crippen molar-refractivity contribution in [2.24, 2.45) is 4.99 Å². The Balaban J connectivity index is 1.59. The Hall–Kier alpha value is -4.17. The fraction of sp³-hybridized carbons (Fsp3) is 0.233. The average Bonchev–Trinajstić information content (AvgIpc) is 2.95. The van der Waals surface area contributed by atoms with Crippen LogP contribution in [0.3, 0.4) is 0 Å². The molecule has 3 aromatic rings. The summed E-state index contributed by atoms with van der Waals surface area (Å²) in [5, 5.41) is 4.23. The lowest BCUT2D eigenvalue weighted by atomic mass is 9.93. The van der Waals surface area contributed by atoms with Gasteiger partial charge in [-0.3, -0.25) is 9.98 Å². The van der Waals surface area contributed by atoms with E-state index in [1.807, 2.05) is 53.1 Å². The quantitative estimate of drug-likeness (QED) is 0.277. The number of nitrogens with one attached hydrogen (secondary N) is 1. The van der Waals surface area contributed by atoms with Crippen LogP contribution in [0.15, 0.2) is 84.1 Å². The molecule has 0 saturated heterocycles. The van der Waals surface area contributed by atoms with E-state index in [0.29, 0.717) is 11.4 Å². The Labute approximate surface area is 219 Å². The Morgan fingerprint density at radius 2 is 1.79 bits per heavy atom. The van der Waals surface area contributed by atoms with Crippen LogP contribution in [0.25, 0.3) is 28.1 Å². The van der Waals surface area contributed by atoms with Gasteiger partial charge < -0.3 is 14.6 Å². The van der Waals surface area contributed by atoms with Crippen LogP contribution in [0.4, 0.5) is 20.2 Å². The van der Waals surface area contributed by atoms with Crippen molar-refractivity contribution < 1.29 is 13.5 Å². The molecule has 1 fully saturated rings. The first kappa shape index (κ1) is 24.2. The highest BCUT2D eigenvalue weighted by atomic mass is 19.2. The van der Waals surface area contributed by atoms with Gasteiger partial charge in [-0.1, -0.05) is 12.1 Å². The largest absolute Gasteiger partial charge is 0.381 e. The van der Waals surface area contributed by atoms with Crippen LogP contribution < -0.4 is 10.7 Å². The van der Waals surface area contributed by atoms with E-state index in [9.17, 15) is 8.78 Å². The van der Waals surface area contributed by atoms with E-state index in [2.05, 4.69) is 10.3 Å². The Morgan fingerprint density at radius 3 is 2.55 bits per heavy atom. The van der Waals surface area contributed by atoms with Crippen LogP contribution in [0.1, 0.15) is 25.7 Å². The highest BCUT2D eigenvalue weighted by Crippen LogP contribution is 2.31. The lowest BCUT2D eigenvalue weighted by molar-refractivity contribution is 0.0663. The lowest BCUT2D eigenvalue weighted by Crippen LogP contribution is -2.25. The van der Waals surface area contributed by atoms with Gasteiger partial charge in [-0.05, 0) is 74.2 Å². The second-order valence-corrected chi connectivity index (χ2v) is 9.55. The van der Waals surface area contributed by atoms with Crippen molar-refractivity contribution in [1.29, 1.82) is 0 Å². The highest BCUT2D eigenvalue weighted by molar-refractivity contribution is 5.84. The van der Waals surface area contributed by atoms with E-state index >= 15 is 0 Å². The maximum Gasteiger partial charge on any atom is 0.160 e. The molecular weight excluding hydrogens is 484 g/mol. The fourth-order valence-electron chi connectivity index (χ4n) is 5.15. The third-order valence-electron chi connectivity index (χ3n) is 7.10. The summed E-state index contributed by atoms with van der Waals surface area (Å²) in [5.74, 6) is -1.79. The van der Waals surface area contributed by atoms with E-state index in [0.717, 1.165) is 65.2 Å². The van der Waals surface area contributed by atoms with Crippen LogP contribution >= 0.6 is 0 Å². The summed E-state index contributed by atoms with van der Waals surface area (Å²) >= 11 is 0. The van der Waals surface area contributed by atoms with Crippen molar-refractivity contribution in [3.63, 3.8) is 0 Å². The topological polar surface area (TPSA) is 64.3 Å². The van der Waals surface area contributed by atoms with E-state index in [1.54, 1.807) is 25.6 Å². The van der Waals surface area contributed by atoms with Crippen molar-refractivity contribution >= 4 is 22.4 Å². The summed E-state index contributed by atoms with van der Waals surface area (Å²) in [6.45, 7) is 0. The number of hydrogen-bond acceptors (Lipinski definition) is 5. The molecule has 1 aromatic heterocycles. The van der Waals surface area contributed by atoms with Crippen LogP contribution in [0.2, 0.25) is 0 Å². The minimum absolute atomic E-state index is 0.151. The smallest absolute Gasteiger partial charge is 0.160 e. The predicted molar refractivity (Wildman–Crippen MR) is 144 cm³/mol. The first-order valence-electron chi connectivity index (χ1n) is 12.7. The second kappa shape index (κ2) is 10.3. The Bertz CT molecular complexity index is 1630. The van der Waals surface area contributed by atoms with Crippen LogP contribution in [0, 0.1) is 11.6 Å². The van der Waals surface area contributed by atoms with Crippen LogP contribution in [-0.4, -0.2) is 33.8 Å². The van der Waals surface area contributed by atoms with Crippen molar-refractivity contribution in [1.82, 2.24) is 14.5 Å². The van der Waals surface area contributed by atoms with Crippen molar-refractivity contribution in [2.75, 3.05) is 12.4 Å². The minimum atomic E-state index is -0.904. The lowest BCUT2D eigenvalue weighted by Gasteiger charge is -2.25. The molecule has 0 atom stereocenters. The van der Waals surface area contributed by atoms with Crippen LogP contribution in [-0.2, 0) is 4.74 Å². The van der Waals surface area contributed by atoms with Gasteiger partial charge in [0, 0.05) is 25.1 Å². The zero-order valence-corrected chi connectivity index (χ0v) is 20.9. The number of para-hydroxylation sites is 2. The summed E-state index contributed by atoms with van der Waals surface area (Å²) in [5.41, 5.74) is 5.11. The van der Waals surface area contributed by atoms with E-state index in [1.165, 1.54) is 6.07 Å². The Morgan fingerprint density at radius 1 is 0.947 bits per heavy atom. The number of aromatic nitrogens is 3. The van der Waals surface area contributed by atoms with Gasteiger partial charge in [-0.2, -0.15) is 0 Å². The molecule has 38 heavy (non-hydrogen) atoms. The SMILES string of the molecule is COC1CCC(N=c2cc3n(-c4ccc(F)c(F)c4)c4ccccc4nc-3cc2Nc2cccnc2)CC1. The highest BCUT2D eigenvalue weighted by Gasteiger charge is 2.22. The predicted octanol–water partition coefficient (Wildman–Crippen LogP) is 6.41. The molecule has 2 heterocycles. The van der Waals surface area contributed by atoms with Crippen LogP contribution in [0.5, 0.6) is 0 Å². The molecule has 1 N–H and O–H groups in total. The van der Waals surface area contributed by atoms with E-state index in [-0.39, 0.29) is 12.1 Å². The molecule has 1 saturated carbocycles. The number of halogens is 2. The van der Waals surface area contributed by atoms with Crippen molar-refractivity contribution in [2.45, 2.75) is 37.8 Å². The van der Waals surface area contributed by atoms with E-state index in [4.69, 9.17) is 14.7 Å². The molecule has 3 aliphatic rings. The molecule has 0 spiro atoms. The standard InChI is InChI=1S/C30H27F2N5O/c1-38-22-11-8-19(9-12-22)34-27-17-30-28(16-26(27)35-20-5-4-14-33-18-20)36-25-6-2-3-7-29(25)37(30)21-10-13-23(31)24(32)15-21/h2-7,10,13-19,22,35H,8-9,11-12H2,1H3. The molecule has 0 amide bonds. The first-order valence-corrected chi connectivity index (χ1v) is 12.7. The number of benzene rings is 3. The first-order chi connectivity index (χ1) is 18.6.